The molecular formula is C5H12NU-. The Hall–Kier alpha value is 1.01. The summed E-state index contributed by atoms with van der Waals surface area (Å²) in [7, 11) is 0. The standard InChI is InChI=1S/C5H12N.U/c1-4-6-5(2)3;/h4-6H,1-3H3;/q-1;. The van der Waals surface area contributed by atoms with Gasteiger partial charge in [-0.2, -0.15) is 6.92 Å². The second kappa shape index (κ2) is 7.01. The summed E-state index contributed by atoms with van der Waals surface area (Å²) in [6.07, 6.45) is 0. The average molecular weight is 324 g/mol. The van der Waals surface area contributed by atoms with Crippen LogP contribution >= 0.6 is 0 Å². The molecule has 0 fully saturated rings. The molecule has 0 aromatic rings. The zero-order valence-corrected chi connectivity index (χ0v) is 9.32. The van der Waals surface area contributed by atoms with Gasteiger partial charge in [-0.25, -0.2) is 0 Å². The molecule has 1 nitrogen and oxygen atoms in total. The molecule has 1 N–H and O–H groups in total. The fraction of sp³-hybridized carbons (Fsp3) is 0.800. The molecule has 0 aromatic heterocycles. The third kappa shape index (κ3) is 10.9. The zero-order valence-electron chi connectivity index (χ0n) is 5.15. The van der Waals surface area contributed by atoms with E-state index < -0.39 is 0 Å². The van der Waals surface area contributed by atoms with Crippen molar-refractivity contribution < 1.29 is 31.1 Å². The number of hydrogen-bond acceptors (Lipinski definition) is 1. The Labute approximate surface area is 69.6 Å². The molecule has 0 saturated heterocycles. The average Bonchev–Trinajstić information content (AvgIpc) is 1.35. The SMILES string of the molecule is C[CH-]NC(C)C.[U]. The largest absolute Gasteiger partial charge is 0.468 e. The predicted molar refractivity (Wildman–Crippen MR) is 28.2 cm³/mol. The summed E-state index contributed by atoms with van der Waals surface area (Å²) in [5.74, 6) is 0. The van der Waals surface area contributed by atoms with Crippen LogP contribution in [-0.4, -0.2) is 6.04 Å². The monoisotopic (exact) mass is 324 g/mol. The Balaban J connectivity index is 0. The van der Waals surface area contributed by atoms with Crippen LogP contribution in [-0.2, 0) is 0 Å². The third-order valence-electron chi connectivity index (χ3n) is 0.500. The van der Waals surface area contributed by atoms with Crippen molar-refractivity contribution in [2.75, 3.05) is 0 Å². The molecule has 7 heavy (non-hydrogen) atoms. The summed E-state index contributed by atoms with van der Waals surface area (Å²) in [5.41, 5.74) is 0. The topological polar surface area (TPSA) is 12.0 Å². The molecule has 0 heterocycles. The Morgan fingerprint density at radius 3 is 1.86 bits per heavy atom. The maximum absolute atomic E-state index is 3.08. The Morgan fingerprint density at radius 1 is 1.43 bits per heavy atom. The molecule has 0 rings (SSSR count). The molecule has 0 aliphatic rings. The van der Waals surface area contributed by atoms with Gasteiger partial charge in [-0.1, -0.05) is 13.8 Å². The molecule has 0 atom stereocenters. The van der Waals surface area contributed by atoms with Crippen molar-refractivity contribution >= 4 is 0 Å². The van der Waals surface area contributed by atoms with Gasteiger partial charge in [-0.05, 0) is 6.04 Å². The first-order chi connectivity index (χ1) is 2.77. The van der Waals surface area contributed by atoms with Crippen LogP contribution in [0.2, 0.25) is 0 Å². The molecule has 0 unspecified atom stereocenters. The number of hydrogen-bond donors (Lipinski definition) is 1. The molecule has 2 heteroatoms. The summed E-state index contributed by atoms with van der Waals surface area (Å²) in [6.45, 7) is 8.16. The van der Waals surface area contributed by atoms with Crippen LogP contribution in [0.5, 0.6) is 0 Å². The molecule has 0 amide bonds. The van der Waals surface area contributed by atoms with Gasteiger partial charge in [0, 0.05) is 31.1 Å². The number of rotatable bonds is 2. The van der Waals surface area contributed by atoms with Gasteiger partial charge >= 0.3 is 0 Å². The van der Waals surface area contributed by atoms with Gasteiger partial charge in [-0.15, -0.1) is 0 Å². The summed E-state index contributed by atoms with van der Waals surface area (Å²) < 4.78 is 0. The summed E-state index contributed by atoms with van der Waals surface area (Å²) in [4.78, 5) is 0. The molecule has 0 aliphatic heterocycles. The van der Waals surface area contributed by atoms with E-state index in [1.54, 1.807) is 0 Å². The second-order valence-electron chi connectivity index (χ2n) is 1.61. The van der Waals surface area contributed by atoms with E-state index in [0.29, 0.717) is 6.04 Å². The minimum absolute atomic E-state index is 0. The van der Waals surface area contributed by atoms with E-state index in [9.17, 15) is 0 Å². The fourth-order valence-corrected chi connectivity index (χ4v) is 0.333. The molecule has 0 spiro atoms. The molecule has 0 saturated carbocycles. The van der Waals surface area contributed by atoms with Crippen LogP contribution < -0.4 is 5.32 Å². The molecule has 42 valence electrons. The van der Waals surface area contributed by atoms with E-state index in [4.69, 9.17) is 0 Å². The zero-order chi connectivity index (χ0) is 4.99. The van der Waals surface area contributed by atoms with E-state index >= 15 is 0 Å². The molecule has 0 bridgehead atoms. The Bertz CT molecular complexity index is 29.3. The van der Waals surface area contributed by atoms with Gasteiger partial charge < -0.3 is 5.32 Å². The second-order valence-corrected chi connectivity index (χ2v) is 1.61. The van der Waals surface area contributed by atoms with Gasteiger partial charge in [-0.3, -0.25) is 6.54 Å². The van der Waals surface area contributed by atoms with Gasteiger partial charge in [0.15, 0.2) is 0 Å². The van der Waals surface area contributed by atoms with Gasteiger partial charge in [0.25, 0.3) is 0 Å². The van der Waals surface area contributed by atoms with Crippen molar-refractivity contribution in [1.82, 2.24) is 5.32 Å². The molecule has 0 aliphatic carbocycles. The van der Waals surface area contributed by atoms with Crippen LogP contribution in [0.4, 0.5) is 0 Å². The maximum Gasteiger partial charge on any atom is 0 e. The quantitative estimate of drug-likeness (QED) is 0.752. The Morgan fingerprint density at radius 2 is 1.86 bits per heavy atom. The van der Waals surface area contributed by atoms with Crippen molar-refractivity contribution in [2.45, 2.75) is 26.8 Å². The molecular weight excluding hydrogens is 312 g/mol. The van der Waals surface area contributed by atoms with Gasteiger partial charge in [0.2, 0.25) is 0 Å². The molecule has 0 radical (unpaired) electrons. The first-order valence-corrected chi connectivity index (χ1v) is 2.31. The van der Waals surface area contributed by atoms with E-state index in [-0.39, 0.29) is 31.1 Å². The maximum atomic E-state index is 3.08. The minimum atomic E-state index is 0. The van der Waals surface area contributed by atoms with E-state index in [2.05, 4.69) is 19.2 Å². The van der Waals surface area contributed by atoms with Crippen molar-refractivity contribution in [3.63, 3.8) is 0 Å². The molecule has 0 aromatic carbocycles. The van der Waals surface area contributed by atoms with Gasteiger partial charge in [0.1, 0.15) is 0 Å². The van der Waals surface area contributed by atoms with Crippen LogP contribution in [0.15, 0.2) is 0 Å². The Kier molecular flexibility index (Phi) is 10.9. The van der Waals surface area contributed by atoms with Crippen LogP contribution in [0, 0.1) is 37.7 Å². The van der Waals surface area contributed by atoms with E-state index in [1.807, 2.05) is 13.5 Å². The fourth-order valence-electron chi connectivity index (χ4n) is 0.333. The summed E-state index contributed by atoms with van der Waals surface area (Å²) in [5, 5.41) is 3.08. The summed E-state index contributed by atoms with van der Waals surface area (Å²) in [6, 6.07) is 0.593. The van der Waals surface area contributed by atoms with Crippen LogP contribution in [0.3, 0.4) is 0 Å². The van der Waals surface area contributed by atoms with Crippen molar-refractivity contribution in [3.05, 3.63) is 6.54 Å². The van der Waals surface area contributed by atoms with Crippen molar-refractivity contribution in [3.8, 4) is 0 Å². The van der Waals surface area contributed by atoms with E-state index in [1.165, 1.54) is 0 Å². The van der Waals surface area contributed by atoms with Crippen molar-refractivity contribution in [1.29, 1.82) is 0 Å². The van der Waals surface area contributed by atoms with Gasteiger partial charge in [0.05, 0.1) is 0 Å². The first-order valence-electron chi connectivity index (χ1n) is 2.31. The van der Waals surface area contributed by atoms with E-state index in [0.717, 1.165) is 0 Å². The normalized spacial score (nSPS) is 8.57. The minimum Gasteiger partial charge on any atom is -0.468 e. The smallest absolute Gasteiger partial charge is 0 e. The number of nitrogens with one attached hydrogen (secondary N) is 1. The van der Waals surface area contributed by atoms with Crippen LogP contribution in [0.1, 0.15) is 20.8 Å². The summed E-state index contributed by atoms with van der Waals surface area (Å²) >= 11 is 0. The predicted octanol–water partition coefficient (Wildman–Crippen LogP) is 1.17. The first kappa shape index (κ1) is 10.9. The van der Waals surface area contributed by atoms with Crippen molar-refractivity contribution in [2.24, 2.45) is 0 Å². The third-order valence-corrected chi connectivity index (χ3v) is 0.500. The van der Waals surface area contributed by atoms with Crippen LogP contribution in [0.25, 0.3) is 0 Å².